The van der Waals surface area contributed by atoms with Crippen LogP contribution in [0.1, 0.15) is 0 Å². The Bertz CT molecular complexity index is 800. The molecular formula is C14H16N4O2S. The van der Waals surface area contributed by atoms with Crippen LogP contribution >= 0.6 is 11.8 Å². The third-order valence-corrected chi connectivity index (χ3v) is 5.34. The summed E-state index contributed by atoms with van der Waals surface area (Å²) < 4.78 is 9.36. The molecule has 1 saturated heterocycles. The zero-order chi connectivity index (χ0) is 14.4. The number of hydrogen-bond acceptors (Lipinski definition) is 5. The van der Waals surface area contributed by atoms with E-state index in [1.807, 2.05) is 23.7 Å². The summed E-state index contributed by atoms with van der Waals surface area (Å²) in [4.78, 5) is 0. The van der Waals surface area contributed by atoms with Crippen molar-refractivity contribution in [1.82, 2.24) is 19.2 Å². The van der Waals surface area contributed by atoms with Crippen LogP contribution in [-0.4, -0.2) is 49.8 Å². The van der Waals surface area contributed by atoms with E-state index in [1.54, 1.807) is 11.8 Å². The molecular weight excluding hydrogens is 288 g/mol. The van der Waals surface area contributed by atoms with Crippen LogP contribution < -0.4 is 0 Å². The van der Waals surface area contributed by atoms with E-state index in [0.717, 1.165) is 27.7 Å². The highest BCUT2D eigenvalue weighted by Crippen LogP contribution is 2.34. The standard InChI is InChI=1S/C14H16N4O2S/c1-17-10-4-2-3-5-11(10)18-12(17)15-16-13(18)21-9-14(6-19)7-20-8-14/h2-5,19H,6-9H2,1H3. The minimum atomic E-state index is -0.124. The Hall–Kier alpha value is -1.57. The van der Waals surface area contributed by atoms with Gasteiger partial charge in [0.05, 0.1) is 30.9 Å². The zero-order valence-electron chi connectivity index (χ0n) is 11.7. The summed E-state index contributed by atoms with van der Waals surface area (Å²) in [6, 6.07) is 8.19. The van der Waals surface area contributed by atoms with Gasteiger partial charge in [0.15, 0.2) is 5.16 Å². The first-order chi connectivity index (χ1) is 10.2. The van der Waals surface area contributed by atoms with Gasteiger partial charge in [-0.2, -0.15) is 0 Å². The molecule has 0 amide bonds. The quantitative estimate of drug-likeness (QED) is 0.737. The molecule has 1 aliphatic heterocycles. The lowest BCUT2D eigenvalue weighted by Gasteiger charge is -2.39. The molecule has 7 heteroatoms. The van der Waals surface area contributed by atoms with Crippen molar-refractivity contribution in [2.45, 2.75) is 5.16 Å². The van der Waals surface area contributed by atoms with Crippen LogP contribution in [0, 0.1) is 5.41 Å². The molecule has 1 fully saturated rings. The number of aliphatic hydroxyl groups excluding tert-OH is 1. The molecule has 0 spiro atoms. The van der Waals surface area contributed by atoms with Gasteiger partial charge in [-0.05, 0) is 12.1 Å². The predicted molar refractivity (Wildman–Crippen MR) is 80.5 cm³/mol. The van der Waals surface area contributed by atoms with Crippen molar-refractivity contribution >= 4 is 28.6 Å². The lowest BCUT2D eigenvalue weighted by atomic mass is 9.90. The smallest absolute Gasteiger partial charge is 0.236 e. The van der Waals surface area contributed by atoms with E-state index in [9.17, 15) is 5.11 Å². The fourth-order valence-corrected chi connectivity index (χ4v) is 3.76. The monoisotopic (exact) mass is 304 g/mol. The largest absolute Gasteiger partial charge is 0.396 e. The van der Waals surface area contributed by atoms with Crippen molar-refractivity contribution in [2.75, 3.05) is 25.6 Å². The maximum atomic E-state index is 9.51. The van der Waals surface area contributed by atoms with Gasteiger partial charge in [-0.25, -0.2) is 0 Å². The Labute approximate surface area is 125 Å². The molecule has 0 aliphatic carbocycles. The fraction of sp³-hybridized carbons (Fsp3) is 0.429. The first kappa shape index (κ1) is 13.1. The van der Waals surface area contributed by atoms with E-state index >= 15 is 0 Å². The summed E-state index contributed by atoms with van der Waals surface area (Å²) in [5.74, 6) is 1.62. The van der Waals surface area contributed by atoms with Crippen molar-refractivity contribution < 1.29 is 9.84 Å². The van der Waals surface area contributed by atoms with Crippen LogP contribution in [-0.2, 0) is 11.8 Å². The van der Waals surface area contributed by atoms with Crippen LogP contribution in [0.3, 0.4) is 0 Å². The van der Waals surface area contributed by atoms with Gasteiger partial charge in [0.25, 0.3) is 0 Å². The van der Waals surface area contributed by atoms with Gasteiger partial charge in [-0.15, -0.1) is 10.2 Å². The topological polar surface area (TPSA) is 64.6 Å². The number of nitrogens with zero attached hydrogens (tertiary/aromatic N) is 4. The Kier molecular flexibility index (Phi) is 2.95. The zero-order valence-corrected chi connectivity index (χ0v) is 12.5. The second-order valence-corrected chi connectivity index (χ2v) is 6.55. The van der Waals surface area contributed by atoms with E-state index in [-0.39, 0.29) is 12.0 Å². The number of para-hydroxylation sites is 2. The molecule has 0 radical (unpaired) electrons. The maximum absolute atomic E-state index is 9.51. The van der Waals surface area contributed by atoms with Crippen molar-refractivity contribution in [3.63, 3.8) is 0 Å². The molecule has 4 rings (SSSR count). The van der Waals surface area contributed by atoms with E-state index in [4.69, 9.17) is 4.74 Å². The molecule has 1 aliphatic rings. The highest BCUT2D eigenvalue weighted by atomic mass is 32.2. The number of aryl methyl sites for hydroxylation is 1. The van der Waals surface area contributed by atoms with E-state index in [1.165, 1.54) is 0 Å². The van der Waals surface area contributed by atoms with E-state index in [2.05, 4.69) is 26.7 Å². The van der Waals surface area contributed by atoms with Crippen molar-refractivity contribution in [3.8, 4) is 0 Å². The van der Waals surface area contributed by atoms with E-state index < -0.39 is 0 Å². The van der Waals surface area contributed by atoms with Gasteiger partial charge in [0.1, 0.15) is 0 Å². The minimum Gasteiger partial charge on any atom is -0.396 e. The number of fused-ring (bicyclic) bond motifs is 3. The number of aliphatic hydroxyl groups is 1. The highest BCUT2D eigenvalue weighted by molar-refractivity contribution is 7.99. The first-order valence-corrected chi connectivity index (χ1v) is 7.83. The van der Waals surface area contributed by atoms with Gasteiger partial charge in [-0.1, -0.05) is 23.9 Å². The number of benzene rings is 1. The predicted octanol–water partition coefficient (Wildman–Crippen LogP) is 1.32. The molecule has 3 aromatic rings. The van der Waals surface area contributed by atoms with Crippen LogP contribution in [0.5, 0.6) is 0 Å². The Morgan fingerprint density at radius 1 is 1.29 bits per heavy atom. The third-order valence-electron chi connectivity index (χ3n) is 4.06. The third kappa shape index (κ3) is 1.88. The molecule has 2 aromatic heterocycles. The summed E-state index contributed by atoms with van der Waals surface area (Å²) in [6.45, 7) is 1.39. The maximum Gasteiger partial charge on any atom is 0.236 e. The SMILES string of the molecule is Cn1c2ccccc2n2c(SCC3(CO)COC3)nnc12. The molecule has 0 unspecified atom stereocenters. The molecule has 110 valence electrons. The number of thioether (sulfide) groups is 1. The molecule has 3 heterocycles. The normalized spacial score (nSPS) is 17.4. The number of ether oxygens (including phenoxy) is 1. The lowest BCUT2D eigenvalue weighted by Crippen LogP contribution is -2.47. The molecule has 1 N–H and O–H groups in total. The first-order valence-electron chi connectivity index (χ1n) is 6.84. The number of rotatable bonds is 4. The molecule has 6 nitrogen and oxygen atoms in total. The number of aromatic nitrogens is 4. The lowest BCUT2D eigenvalue weighted by molar-refractivity contribution is -0.121. The second kappa shape index (κ2) is 4.72. The summed E-state index contributed by atoms with van der Waals surface area (Å²) in [5, 5.41) is 19.0. The Morgan fingerprint density at radius 2 is 2.05 bits per heavy atom. The molecule has 0 saturated carbocycles. The van der Waals surface area contributed by atoms with Gasteiger partial charge < -0.3 is 14.4 Å². The van der Waals surface area contributed by atoms with Gasteiger partial charge in [-0.3, -0.25) is 4.40 Å². The van der Waals surface area contributed by atoms with Crippen LogP contribution in [0.2, 0.25) is 0 Å². The average molecular weight is 304 g/mol. The molecule has 21 heavy (non-hydrogen) atoms. The van der Waals surface area contributed by atoms with E-state index in [0.29, 0.717) is 13.2 Å². The van der Waals surface area contributed by atoms with Crippen LogP contribution in [0.25, 0.3) is 16.8 Å². The summed E-state index contributed by atoms with van der Waals surface area (Å²) in [5.41, 5.74) is 2.11. The number of imidazole rings is 1. The van der Waals surface area contributed by atoms with Crippen molar-refractivity contribution in [1.29, 1.82) is 0 Å². The highest BCUT2D eigenvalue weighted by Gasteiger charge is 2.38. The van der Waals surface area contributed by atoms with Gasteiger partial charge in [0, 0.05) is 18.2 Å². The van der Waals surface area contributed by atoms with Gasteiger partial charge in [0.2, 0.25) is 5.78 Å². The van der Waals surface area contributed by atoms with Crippen LogP contribution in [0.4, 0.5) is 0 Å². The van der Waals surface area contributed by atoms with Gasteiger partial charge >= 0.3 is 0 Å². The minimum absolute atomic E-state index is 0.124. The summed E-state index contributed by atoms with van der Waals surface area (Å²) >= 11 is 1.63. The second-order valence-electron chi connectivity index (χ2n) is 5.61. The summed E-state index contributed by atoms with van der Waals surface area (Å²) in [7, 11) is 2.00. The van der Waals surface area contributed by atoms with Crippen LogP contribution in [0.15, 0.2) is 29.4 Å². The Balaban J connectivity index is 1.74. The fourth-order valence-electron chi connectivity index (χ4n) is 2.66. The summed E-state index contributed by atoms with van der Waals surface area (Å²) in [6.07, 6.45) is 0. The molecule has 0 atom stereocenters. The van der Waals surface area contributed by atoms with Crippen molar-refractivity contribution in [3.05, 3.63) is 24.3 Å². The average Bonchev–Trinajstić information content (AvgIpc) is 3.00. The Morgan fingerprint density at radius 3 is 2.71 bits per heavy atom. The molecule has 0 bridgehead atoms. The van der Waals surface area contributed by atoms with Crippen molar-refractivity contribution in [2.24, 2.45) is 12.5 Å². The number of hydrogen-bond donors (Lipinski definition) is 1. The molecule has 1 aromatic carbocycles.